The first kappa shape index (κ1) is 21.9. The van der Waals surface area contributed by atoms with Gasteiger partial charge in [0.1, 0.15) is 18.1 Å². The number of hydrogen-bond donors (Lipinski definition) is 0. The third kappa shape index (κ3) is 3.24. The Bertz CT molecular complexity index is 1910. The van der Waals surface area contributed by atoms with Crippen LogP contribution in [0.4, 0.5) is 0 Å². The minimum Gasteiger partial charge on any atom is -0.487 e. The Morgan fingerprint density at radius 2 is 1.58 bits per heavy atom. The lowest BCUT2D eigenvalue weighted by Crippen LogP contribution is -2.36. The highest BCUT2D eigenvalue weighted by Gasteiger charge is 2.25. The fourth-order valence-corrected chi connectivity index (χ4v) is 4.95. The third-order valence-electron chi connectivity index (χ3n) is 6.63. The average Bonchev–Trinajstić information content (AvgIpc) is 3.27. The summed E-state index contributed by atoms with van der Waals surface area (Å²) < 4.78 is 10.9. The van der Waals surface area contributed by atoms with E-state index >= 15 is 0 Å². The van der Waals surface area contributed by atoms with Crippen molar-refractivity contribution in [3.8, 4) is 17.0 Å². The molecule has 0 spiro atoms. The van der Waals surface area contributed by atoms with Crippen molar-refractivity contribution in [2.24, 2.45) is 14.1 Å². The Balaban J connectivity index is 1.83. The minimum atomic E-state index is -0.390. The maximum atomic E-state index is 13.7. The summed E-state index contributed by atoms with van der Waals surface area (Å²) in [6.07, 6.45) is 0. The summed E-state index contributed by atoms with van der Waals surface area (Å²) in [5, 5.41) is 0.476. The number of rotatable bonds is 4. The highest BCUT2D eigenvalue weighted by molar-refractivity contribution is 6.07. The summed E-state index contributed by atoms with van der Waals surface area (Å²) >= 11 is 0. The van der Waals surface area contributed by atoms with Gasteiger partial charge in [-0.05, 0) is 42.8 Å². The Morgan fingerprint density at radius 3 is 2.36 bits per heavy atom. The van der Waals surface area contributed by atoms with Crippen molar-refractivity contribution in [1.29, 1.82) is 0 Å². The Morgan fingerprint density at radius 1 is 0.833 bits per heavy atom. The maximum Gasteiger partial charge on any atom is 0.331 e. The first-order valence-electron chi connectivity index (χ1n) is 11.7. The molecule has 0 radical (unpaired) electrons. The highest BCUT2D eigenvalue weighted by Crippen LogP contribution is 2.36. The van der Waals surface area contributed by atoms with E-state index in [2.05, 4.69) is 10.5 Å². The Kier molecular flexibility index (Phi) is 5.00. The van der Waals surface area contributed by atoms with Gasteiger partial charge in [-0.2, -0.15) is 0 Å². The van der Waals surface area contributed by atoms with Gasteiger partial charge >= 0.3 is 5.69 Å². The largest absolute Gasteiger partial charge is 0.487 e. The summed E-state index contributed by atoms with van der Waals surface area (Å²) in [6.45, 7) is 2.20. The molecule has 0 fully saturated rings. The van der Waals surface area contributed by atoms with Gasteiger partial charge in [-0.3, -0.25) is 13.9 Å². The van der Waals surface area contributed by atoms with E-state index in [9.17, 15) is 9.59 Å². The van der Waals surface area contributed by atoms with Crippen molar-refractivity contribution in [3.05, 3.63) is 111 Å². The summed E-state index contributed by atoms with van der Waals surface area (Å²) in [5.74, 6) is 0.713. The second-order valence-electron chi connectivity index (χ2n) is 8.98. The molecule has 0 bridgehead atoms. The predicted molar refractivity (Wildman–Crippen MR) is 142 cm³/mol. The van der Waals surface area contributed by atoms with E-state index in [0.717, 1.165) is 32.4 Å². The Hall–Kier alpha value is -4.65. The normalized spacial score (nSPS) is 11.5. The quantitative estimate of drug-likeness (QED) is 0.373. The standard InChI is InChI=1S/C29H24N4O3/c1-18-10-9-11-19(16-18)25-24-27(31(2)29(35)32(3)28(24)34)26-22(17-36-20-12-5-4-6-13-20)30-21-14-7-8-15-23(21)33(25)26/h4-16H,17H2,1-3H3. The van der Waals surface area contributed by atoms with Crippen molar-refractivity contribution in [2.45, 2.75) is 13.5 Å². The highest BCUT2D eigenvalue weighted by atomic mass is 16.5. The maximum absolute atomic E-state index is 13.7. The van der Waals surface area contributed by atoms with Gasteiger partial charge in [-0.1, -0.05) is 54.1 Å². The lowest BCUT2D eigenvalue weighted by atomic mass is 10.1. The van der Waals surface area contributed by atoms with Crippen LogP contribution in [0.15, 0.2) is 88.5 Å². The molecule has 3 aromatic heterocycles. The summed E-state index contributed by atoms with van der Waals surface area (Å²) in [7, 11) is 3.21. The molecule has 0 saturated heterocycles. The van der Waals surface area contributed by atoms with Crippen LogP contribution in [0.25, 0.3) is 38.7 Å². The van der Waals surface area contributed by atoms with E-state index < -0.39 is 0 Å². The van der Waals surface area contributed by atoms with Crippen molar-refractivity contribution < 1.29 is 4.74 Å². The van der Waals surface area contributed by atoms with Crippen LogP contribution in [0.2, 0.25) is 0 Å². The van der Waals surface area contributed by atoms with Crippen LogP contribution in [-0.2, 0) is 20.7 Å². The second-order valence-corrected chi connectivity index (χ2v) is 8.98. The number of hydrogen-bond acceptors (Lipinski definition) is 4. The van der Waals surface area contributed by atoms with Gasteiger partial charge in [0.05, 0.1) is 33.1 Å². The van der Waals surface area contributed by atoms with Crippen LogP contribution >= 0.6 is 0 Å². The Labute approximate surface area is 206 Å². The number of benzene rings is 3. The lowest BCUT2D eigenvalue weighted by Gasteiger charge is -2.13. The lowest BCUT2D eigenvalue weighted by molar-refractivity contribution is 0.303. The minimum absolute atomic E-state index is 0.175. The summed E-state index contributed by atoms with van der Waals surface area (Å²) in [6, 6.07) is 25.4. The van der Waals surface area contributed by atoms with Crippen LogP contribution in [0.1, 0.15) is 11.3 Å². The van der Waals surface area contributed by atoms with E-state index in [4.69, 9.17) is 9.72 Å². The molecule has 0 amide bonds. The molecule has 0 aliphatic rings. The van der Waals surface area contributed by atoms with E-state index in [0.29, 0.717) is 27.9 Å². The molecule has 3 aromatic carbocycles. The van der Waals surface area contributed by atoms with E-state index in [1.807, 2.05) is 79.7 Å². The third-order valence-corrected chi connectivity index (χ3v) is 6.63. The van der Waals surface area contributed by atoms with Crippen LogP contribution in [0.3, 0.4) is 0 Å². The zero-order valence-electron chi connectivity index (χ0n) is 20.2. The zero-order valence-corrected chi connectivity index (χ0v) is 20.2. The van der Waals surface area contributed by atoms with Crippen molar-refractivity contribution in [3.63, 3.8) is 0 Å². The molecule has 36 heavy (non-hydrogen) atoms. The smallest absolute Gasteiger partial charge is 0.331 e. The van der Waals surface area contributed by atoms with Crippen molar-refractivity contribution in [1.82, 2.24) is 18.5 Å². The van der Waals surface area contributed by atoms with Crippen molar-refractivity contribution >= 4 is 27.5 Å². The van der Waals surface area contributed by atoms with Gasteiger partial charge < -0.3 is 9.14 Å². The number of aromatic nitrogens is 4. The molecule has 6 aromatic rings. The van der Waals surface area contributed by atoms with Crippen LogP contribution < -0.4 is 16.0 Å². The van der Waals surface area contributed by atoms with Gasteiger partial charge in [0.2, 0.25) is 0 Å². The number of ether oxygens (including phenoxy) is 1. The molecule has 7 heteroatoms. The van der Waals surface area contributed by atoms with Crippen LogP contribution in [0.5, 0.6) is 5.75 Å². The van der Waals surface area contributed by atoms with Gasteiger partial charge in [-0.15, -0.1) is 0 Å². The SMILES string of the molecule is Cc1cccc(-c2c3c(=O)n(C)c(=O)n(C)c3c3c(COc4ccccc4)nc4ccccc4n23)c1. The predicted octanol–water partition coefficient (Wildman–Crippen LogP) is 4.59. The summed E-state index contributed by atoms with van der Waals surface area (Å²) in [5.41, 5.74) is 5.46. The van der Waals surface area contributed by atoms with Crippen LogP contribution in [0, 0.1) is 6.92 Å². The molecule has 6 rings (SSSR count). The number of nitrogens with zero attached hydrogens (tertiary/aromatic N) is 4. The molecule has 0 saturated carbocycles. The van der Waals surface area contributed by atoms with E-state index in [1.165, 1.54) is 11.6 Å². The molecule has 0 N–H and O–H groups in total. The molecule has 3 heterocycles. The molecule has 0 atom stereocenters. The molecule has 0 aliphatic carbocycles. The van der Waals surface area contributed by atoms with Gasteiger partial charge in [0.25, 0.3) is 5.56 Å². The van der Waals surface area contributed by atoms with Gasteiger partial charge in [-0.25, -0.2) is 9.78 Å². The molecular formula is C29H24N4O3. The van der Waals surface area contributed by atoms with Crippen LogP contribution in [-0.4, -0.2) is 18.5 Å². The molecule has 178 valence electrons. The molecule has 7 nitrogen and oxygen atoms in total. The number of fused-ring (bicyclic) bond motifs is 5. The fourth-order valence-electron chi connectivity index (χ4n) is 4.95. The topological polar surface area (TPSA) is 70.5 Å². The first-order valence-corrected chi connectivity index (χ1v) is 11.7. The molecule has 0 unspecified atom stereocenters. The summed E-state index contributed by atoms with van der Waals surface area (Å²) in [4.78, 5) is 31.7. The fraction of sp³-hybridized carbons (Fsp3) is 0.138. The second kappa shape index (κ2) is 8.23. The first-order chi connectivity index (χ1) is 17.5. The van der Waals surface area contributed by atoms with Crippen molar-refractivity contribution in [2.75, 3.05) is 0 Å². The zero-order chi connectivity index (χ0) is 25.0. The van der Waals surface area contributed by atoms with Gasteiger partial charge in [0.15, 0.2) is 0 Å². The van der Waals surface area contributed by atoms with E-state index in [1.54, 1.807) is 7.05 Å². The number of aryl methyl sites for hydroxylation is 2. The molecule has 0 aliphatic heterocycles. The average molecular weight is 477 g/mol. The van der Waals surface area contributed by atoms with Gasteiger partial charge in [0, 0.05) is 14.1 Å². The monoisotopic (exact) mass is 476 g/mol. The number of para-hydroxylation sites is 3. The molecular weight excluding hydrogens is 452 g/mol. The van der Waals surface area contributed by atoms with E-state index in [-0.39, 0.29) is 17.9 Å².